The van der Waals surface area contributed by atoms with Crippen LogP contribution in [-0.2, 0) is 9.47 Å². The van der Waals surface area contributed by atoms with Crippen molar-refractivity contribution in [1.29, 1.82) is 0 Å². The van der Waals surface area contributed by atoms with Crippen LogP contribution in [0.2, 0.25) is 0 Å². The van der Waals surface area contributed by atoms with Gasteiger partial charge in [0.1, 0.15) is 11.4 Å². The maximum Gasteiger partial charge on any atom is 0.410 e. The van der Waals surface area contributed by atoms with E-state index in [4.69, 9.17) is 14.2 Å². The molecule has 0 bridgehead atoms. The number of carbonyl (C=O) groups is 3. The molecule has 0 saturated carbocycles. The van der Waals surface area contributed by atoms with Crippen molar-refractivity contribution in [3.8, 4) is 5.75 Å². The molecule has 0 N–H and O–H groups in total. The van der Waals surface area contributed by atoms with E-state index in [1.165, 1.54) is 18.1 Å². The van der Waals surface area contributed by atoms with Gasteiger partial charge >= 0.3 is 12.1 Å². The molecule has 140 valence electrons. The van der Waals surface area contributed by atoms with E-state index >= 15 is 0 Å². The Morgan fingerprint density at radius 3 is 2.46 bits per heavy atom. The molecule has 0 unspecified atom stereocenters. The third-order valence-corrected chi connectivity index (χ3v) is 4.45. The minimum atomic E-state index is -0.722. The quantitative estimate of drug-likeness (QED) is 0.716. The molecule has 7 nitrogen and oxygen atoms in total. The molecule has 1 saturated heterocycles. The van der Waals surface area contributed by atoms with Crippen molar-refractivity contribution in [2.24, 2.45) is 0 Å². The third-order valence-electron chi connectivity index (χ3n) is 4.45. The molecule has 0 aromatic heterocycles. The molecule has 1 amide bonds. The maximum atomic E-state index is 12.6. The molecular formula is C19H23NO6. The van der Waals surface area contributed by atoms with Gasteiger partial charge in [-0.05, 0) is 45.4 Å². The van der Waals surface area contributed by atoms with Crippen molar-refractivity contribution in [2.75, 3.05) is 20.2 Å². The lowest BCUT2D eigenvalue weighted by Crippen LogP contribution is -2.68. The van der Waals surface area contributed by atoms with Crippen LogP contribution < -0.4 is 4.74 Å². The average Bonchev–Trinajstić information content (AvgIpc) is 2.49. The Morgan fingerprint density at radius 2 is 1.88 bits per heavy atom. The molecule has 1 fully saturated rings. The highest BCUT2D eigenvalue weighted by Crippen LogP contribution is 2.40. The molecule has 2 heterocycles. The Hall–Kier alpha value is -2.57. The molecule has 2 aliphatic rings. The van der Waals surface area contributed by atoms with Gasteiger partial charge in [-0.2, -0.15) is 0 Å². The number of likely N-dealkylation sites (tertiary alicyclic amines) is 1. The van der Waals surface area contributed by atoms with Crippen molar-refractivity contribution in [2.45, 2.75) is 45.3 Å². The zero-order valence-electron chi connectivity index (χ0n) is 15.7. The van der Waals surface area contributed by atoms with E-state index in [0.717, 1.165) is 0 Å². The van der Waals surface area contributed by atoms with Crippen LogP contribution >= 0.6 is 0 Å². The molecule has 0 atom stereocenters. The first-order valence-corrected chi connectivity index (χ1v) is 8.47. The van der Waals surface area contributed by atoms with E-state index < -0.39 is 23.3 Å². The van der Waals surface area contributed by atoms with Gasteiger partial charge in [-0.25, -0.2) is 9.59 Å². The second-order valence-electron chi connectivity index (χ2n) is 7.88. The number of nitrogens with zero attached hydrogens (tertiary/aromatic N) is 1. The zero-order valence-corrected chi connectivity index (χ0v) is 15.7. The summed E-state index contributed by atoms with van der Waals surface area (Å²) in [4.78, 5) is 38.1. The summed E-state index contributed by atoms with van der Waals surface area (Å²) < 4.78 is 16.2. The van der Waals surface area contributed by atoms with Gasteiger partial charge in [-0.15, -0.1) is 0 Å². The molecule has 0 radical (unpaired) electrons. The number of carbonyl (C=O) groups excluding carboxylic acids is 3. The fourth-order valence-corrected chi connectivity index (χ4v) is 3.25. The van der Waals surface area contributed by atoms with Crippen LogP contribution in [-0.4, -0.2) is 54.1 Å². The number of hydrogen-bond donors (Lipinski definition) is 0. The van der Waals surface area contributed by atoms with E-state index in [9.17, 15) is 14.4 Å². The Bertz CT molecular complexity index is 786. The van der Waals surface area contributed by atoms with Crippen LogP contribution in [0.3, 0.4) is 0 Å². The lowest BCUT2D eigenvalue weighted by Gasteiger charge is -2.50. The number of ether oxygens (including phenoxy) is 3. The smallest absolute Gasteiger partial charge is 0.410 e. The lowest BCUT2D eigenvalue weighted by molar-refractivity contribution is -0.0847. The molecule has 1 aromatic rings. The molecule has 0 aliphatic carbocycles. The Balaban J connectivity index is 1.77. The first kappa shape index (κ1) is 18.2. The molecule has 3 rings (SSSR count). The molecule has 26 heavy (non-hydrogen) atoms. The van der Waals surface area contributed by atoms with Gasteiger partial charge in [0.05, 0.1) is 37.7 Å². The Morgan fingerprint density at radius 1 is 1.23 bits per heavy atom. The van der Waals surface area contributed by atoms with E-state index in [1.807, 2.05) is 0 Å². The number of aryl methyl sites for hydroxylation is 1. The first-order chi connectivity index (χ1) is 12.0. The fourth-order valence-electron chi connectivity index (χ4n) is 3.25. The number of amides is 1. The molecule has 1 aromatic carbocycles. The summed E-state index contributed by atoms with van der Waals surface area (Å²) in [5.41, 5.74) is 0.0985. The summed E-state index contributed by atoms with van der Waals surface area (Å²) in [5.74, 6) is -0.159. The largest absolute Gasteiger partial charge is 0.482 e. The number of rotatable bonds is 1. The zero-order chi connectivity index (χ0) is 19.3. The topological polar surface area (TPSA) is 82.1 Å². The van der Waals surface area contributed by atoms with E-state index in [1.54, 1.807) is 33.8 Å². The predicted molar refractivity (Wildman–Crippen MR) is 92.6 cm³/mol. The van der Waals surface area contributed by atoms with Crippen LogP contribution in [0.5, 0.6) is 5.75 Å². The summed E-state index contributed by atoms with van der Waals surface area (Å²) in [6.07, 6.45) is -0.259. The highest BCUT2D eigenvalue weighted by atomic mass is 16.6. The SMILES string of the molecule is COC(=O)c1cc2c(cc1C)OC1(CC2=O)CN(C(=O)OC(C)(C)C)C1. The third kappa shape index (κ3) is 3.25. The van der Waals surface area contributed by atoms with Crippen molar-refractivity contribution in [3.63, 3.8) is 0 Å². The van der Waals surface area contributed by atoms with Crippen LogP contribution in [0.1, 0.15) is 53.5 Å². The summed E-state index contributed by atoms with van der Waals surface area (Å²) in [7, 11) is 1.30. The van der Waals surface area contributed by atoms with E-state index in [2.05, 4.69) is 0 Å². The Labute approximate surface area is 152 Å². The highest BCUT2D eigenvalue weighted by molar-refractivity contribution is 6.03. The predicted octanol–water partition coefficient (Wildman–Crippen LogP) is 2.74. The number of hydrogen-bond acceptors (Lipinski definition) is 6. The average molecular weight is 361 g/mol. The monoisotopic (exact) mass is 361 g/mol. The van der Waals surface area contributed by atoms with Crippen molar-refractivity contribution >= 4 is 17.8 Å². The molecular weight excluding hydrogens is 338 g/mol. The highest BCUT2D eigenvalue weighted by Gasteiger charge is 2.52. The number of methoxy groups -OCH3 is 1. The Kier molecular flexibility index (Phi) is 4.21. The van der Waals surface area contributed by atoms with Crippen LogP contribution in [0.25, 0.3) is 0 Å². The van der Waals surface area contributed by atoms with Crippen molar-refractivity contribution < 1.29 is 28.6 Å². The van der Waals surface area contributed by atoms with E-state index in [-0.39, 0.29) is 12.2 Å². The van der Waals surface area contributed by atoms with Gasteiger partial charge in [-0.1, -0.05) is 0 Å². The maximum absolute atomic E-state index is 12.6. The minimum Gasteiger partial charge on any atom is -0.482 e. The summed E-state index contributed by atoms with van der Waals surface area (Å²) in [5, 5.41) is 0. The standard InChI is InChI=1S/C19H23NO6/c1-11-6-15-13(7-12(11)16(22)24-5)14(21)8-19(25-15)9-20(10-19)17(23)26-18(2,3)4/h6-7H,8-10H2,1-5H3. The van der Waals surface area contributed by atoms with Crippen molar-refractivity contribution in [3.05, 3.63) is 28.8 Å². The number of ketones is 1. The second kappa shape index (κ2) is 6.00. The van der Waals surface area contributed by atoms with Gasteiger partial charge in [0.25, 0.3) is 0 Å². The summed E-state index contributed by atoms with van der Waals surface area (Å²) >= 11 is 0. The van der Waals surface area contributed by atoms with Crippen LogP contribution in [0.15, 0.2) is 12.1 Å². The summed E-state index contributed by atoms with van der Waals surface area (Å²) in [6, 6.07) is 3.20. The number of benzene rings is 1. The van der Waals surface area contributed by atoms with E-state index in [0.29, 0.717) is 35.5 Å². The minimum absolute atomic E-state index is 0.111. The molecule has 2 aliphatic heterocycles. The van der Waals surface area contributed by atoms with Gasteiger partial charge in [0, 0.05) is 0 Å². The normalized spacial score (nSPS) is 17.9. The number of fused-ring (bicyclic) bond motifs is 1. The van der Waals surface area contributed by atoms with Gasteiger partial charge < -0.3 is 14.2 Å². The molecule has 7 heteroatoms. The fraction of sp³-hybridized carbons (Fsp3) is 0.526. The van der Waals surface area contributed by atoms with Crippen LogP contribution in [0.4, 0.5) is 4.79 Å². The first-order valence-electron chi connectivity index (χ1n) is 8.47. The number of Topliss-reactive ketones (excluding diaryl/α,β-unsaturated/α-hetero) is 1. The molecule has 1 spiro atoms. The van der Waals surface area contributed by atoms with Gasteiger partial charge in [-0.3, -0.25) is 9.69 Å². The number of esters is 1. The van der Waals surface area contributed by atoms with Crippen LogP contribution in [0, 0.1) is 6.92 Å². The van der Waals surface area contributed by atoms with Crippen molar-refractivity contribution in [1.82, 2.24) is 4.90 Å². The van der Waals surface area contributed by atoms with Gasteiger partial charge in [0.2, 0.25) is 0 Å². The summed E-state index contributed by atoms with van der Waals surface area (Å²) in [6.45, 7) is 7.77. The van der Waals surface area contributed by atoms with Gasteiger partial charge in [0.15, 0.2) is 11.4 Å². The second-order valence-corrected chi connectivity index (χ2v) is 7.88. The lowest BCUT2D eigenvalue weighted by atomic mass is 9.83.